The highest BCUT2D eigenvalue weighted by molar-refractivity contribution is 5.83. The van der Waals surface area contributed by atoms with Gasteiger partial charge >= 0.3 is 12.0 Å². The molecule has 0 aromatic carbocycles. The van der Waals surface area contributed by atoms with Crippen LogP contribution < -0.4 is 5.32 Å². The predicted octanol–water partition coefficient (Wildman–Crippen LogP) is 1.54. The number of rotatable bonds is 4. The highest BCUT2D eigenvalue weighted by Crippen LogP contribution is 2.29. The summed E-state index contributed by atoms with van der Waals surface area (Å²) in [5, 5.41) is 11.7. The fourth-order valence-electron chi connectivity index (χ4n) is 1.65. The summed E-state index contributed by atoms with van der Waals surface area (Å²) in [6.45, 7) is 6.11. The van der Waals surface area contributed by atoms with Gasteiger partial charge in [-0.25, -0.2) is 9.59 Å². The zero-order chi connectivity index (χ0) is 13.2. The number of urea groups is 1. The quantitative estimate of drug-likeness (QED) is 0.785. The summed E-state index contributed by atoms with van der Waals surface area (Å²) in [5.74, 6) is -0.394. The van der Waals surface area contributed by atoms with Crippen molar-refractivity contribution in [3.63, 3.8) is 0 Å². The Labute approximate surface area is 102 Å². The minimum Gasteiger partial charge on any atom is -0.480 e. The van der Waals surface area contributed by atoms with E-state index in [9.17, 15) is 9.59 Å². The van der Waals surface area contributed by atoms with Crippen molar-refractivity contribution in [2.45, 2.75) is 39.7 Å². The molecule has 0 aliphatic heterocycles. The Kier molecular flexibility index (Phi) is 4.01. The first-order valence-corrected chi connectivity index (χ1v) is 5.96. The molecule has 0 aromatic rings. The van der Waals surface area contributed by atoms with Crippen LogP contribution in [0.5, 0.6) is 0 Å². The van der Waals surface area contributed by atoms with Crippen molar-refractivity contribution >= 4 is 12.0 Å². The SMILES string of the molecule is CN(CC1CC1)C(=O)N[C@@H](C(=O)O)C(C)(C)C. The van der Waals surface area contributed by atoms with Crippen LogP contribution in [0, 0.1) is 11.3 Å². The third kappa shape index (κ3) is 4.24. The number of hydrogen-bond donors (Lipinski definition) is 2. The fourth-order valence-corrected chi connectivity index (χ4v) is 1.65. The average molecular weight is 242 g/mol. The fraction of sp³-hybridized carbons (Fsp3) is 0.833. The van der Waals surface area contributed by atoms with Gasteiger partial charge in [0.1, 0.15) is 6.04 Å². The van der Waals surface area contributed by atoms with Crippen molar-refractivity contribution in [2.24, 2.45) is 11.3 Å². The Balaban J connectivity index is 2.53. The van der Waals surface area contributed by atoms with Crippen molar-refractivity contribution in [3.8, 4) is 0 Å². The molecule has 0 radical (unpaired) electrons. The second-order valence-electron chi connectivity index (χ2n) is 5.91. The molecule has 0 unspecified atom stereocenters. The predicted molar refractivity (Wildman–Crippen MR) is 64.8 cm³/mol. The van der Waals surface area contributed by atoms with Gasteiger partial charge < -0.3 is 15.3 Å². The maximum atomic E-state index is 11.8. The van der Waals surface area contributed by atoms with Crippen LogP contribution in [0.3, 0.4) is 0 Å². The van der Waals surface area contributed by atoms with Gasteiger partial charge in [0.25, 0.3) is 0 Å². The van der Waals surface area contributed by atoms with Crippen molar-refractivity contribution in [1.82, 2.24) is 10.2 Å². The van der Waals surface area contributed by atoms with E-state index in [2.05, 4.69) is 5.32 Å². The molecule has 0 saturated heterocycles. The van der Waals surface area contributed by atoms with E-state index in [-0.39, 0.29) is 6.03 Å². The molecule has 0 heterocycles. The number of carbonyl (C=O) groups excluding carboxylic acids is 1. The Morgan fingerprint density at radius 2 is 1.94 bits per heavy atom. The van der Waals surface area contributed by atoms with E-state index in [1.807, 2.05) is 0 Å². The number of nitrogens with one attached hydrogen (secondary N) is 1. The first-order chi connectivity index (χ1) is 7.71. The maximum absolute atomic E-state index is 11.8. The Bertz CT molecular complexity index is 305. The summed E-state index contributed by atoms with van der Waals surface area (Å²) < 4.78 is 0. The number of carbonyl (C=O) groups is 2. The van der Waals surface area contributed by atoms with Gasteiger partial charge in [-0.2, -0.15) is 0 Å². The Hall–Kier alpha value is -1.26. The molecule has 1 saturated carbocycles. The highest BCUT2D eigenvalue weighted by atomic mass is 16.4. The molecule has 1 rings (SSSR count). The monoisotopic (exact) mass is 242 g/mol. The molecule has 2 N–H and O–H groups in total. The first kappa shape index (κ1) is 13.8. The van der Waals surface area contributed by atoms with Crippen molar-refractivity contribution < 1.29 is 14.7 Å². The minimum absolute atomic E-state index is 0.306. The lowest BCUT2D eigenvalue weighted by Gasteiger charge is -2.29. The smallest absolute Gasteiger partial charge is 0.326 e. The van der Waals surface area contributed by atoms with E-state index in [0.717, 1.165) is 0 Å². The number of aliphatic carboxylic acids is 1. The molecule has 17 heavy (non-hydrogen) atoms. The molecule has 1 aliphatic carbocycles. The van der Waals surface area contributed by atoms with Gasteiger partial charge in [-0.1, -0.05) is 20.8 Å². The van der Waals surface area contributed by atoms with Gasteiger partial charge in [-0.15, -0.1) is 0 Å². The molecule has 2 amide bonds. The zero-order valence-corrected chi connectivity index (χ0v) is 11.0. The number of hydrogen-bond acceptors (Lipinski definition) is 2. The highest BCUT2D eigenvalue weighted by Gasteiger charge is 2.34. The average Bonchev–Trinajstić information content (AvgIpc) is 2.94. The van der Waals surface area contributed by atoms with Crippen LogP contribution in [-0.4, -0.2) is 41.6 Å². The second kappa shape index (κ2) is 4.94. The van der Waals surface area contributed by atoms with Gasteiger partial charge in [-0.3, -0.25) is 0 Å². The number of amides is 2. The summed E-state index contributed by atoms with van der Waals surface area (Å²) in [6, 6.07) is -1.17. The Morgan fingerprint density at radius 1 is 1.41 bits per heavy atom. The number of carboxylic acid groups (broad SMARTS) is 1. The summed E-state index contributed by atoms with van der Waals surface area (Å²) in [6.07, 6.45) is 2.33. The van der Waals surface area contributed by atoms with E-state index >= 15 is 0 Å². The van der Waals surface area contributed by atoms with Crippen LogP contribution in [0.15, 0.2) is 0 Å². The molecule has 1 aliphatic rings. The van der Waals surface area contributed by atoms with Crippen LogP contribution in [-0.2, 0) is 4.79 Å². The molecule has 5 heteroatoms. The van der Waals surface area contributed by atoms with Crippen LogP contribution in [0.25, 0.3) is 0 Å². The normalized spacial score (nSPS) is 17.4. The van der Waals surface area contributed by atoms with Gasteiger partial charge in [-0.05, 0) is 24.2 Å². The van der Waals surface area contributed by atoms with Crippen LogP contribution in [0.4, 0.5) is 4.79 Å². The maximum Gasteiger partial charge on any atom is 0.326 e. The second-order valence-corrected chi connectivity index (χ2v) is 5.91. The minimum atomic E-state index is -0.995. The van der Waals surface area contributed by atoms with Gasteiger partial charge in [0, 0.05) is 13.6 Å². The zero-order valence-electron chi connectivity index (χ0n) is 11.0. The summed E-state index contributed by atoms with van der Waals surface area (Å²) in [7, 11) is 1.70. The third-order valence-corrected chi connectivity index (χ3v) is 2.96. The summed E-state index contributed by atoms with van der Waals surface area (Å²) >= 11 is 0. The summed E-state index contributed by atoms with van der Waals surface area (Å²) in [5.41, 5.74) is -0.498. The molecule has 0 aromatic heterocycles. The van der Waals surface area contributed by atoms with Crippen LogP contribution >= 0.6 is 0 Å². The van der Waals surface area contributed by atoms with Crippen molar-refractivity contribution in [2.75, 3.05) is 13.6 Å². The van der Waals surface area contributed by atoms with Crippen molar-refractivity contribution in [1.29, 1.82) is 0 Å². The lowest BCUT2D eigenvalue weighted by atomic mass is 9.87. The molecule has 1 atom stereocenters. The molecule has 0 spiro atoms. The van der Waals surface area contributed by atoms with Crippen LogP contribution in [0.2, 0.25) is 0 Å². The van der Waals surface area contributed by atoms with Gasteiger partial charge in [0.15, 0.2) is 0 Å². The molecular weight excluding hydrogens is 220 g/mol. The van der Waals surface area contributed by atoms with Crippen LogP contribution in [0.1, 0.15) is 33.6 Å². The molecular formula is C12H22N2O3. The molecule has 5 nitrogen and oxygen atoms in total. The number of nitrogens with zero attached hydrogens (tertiary/aromatic N) is 1. The largest absolute Gasteiger partial charge is 0.480 e. The van der Waals surface area contributed by atoms with E-state index in [4.69, 9.17) is 5.11 Å². The molecule has 0 bridgehead atoms. The lowest BCUT2D eigenvalue weighted by Crippen LogP contribution is -2.52. The summed E-state index contributed by atoms with van der Waals surface area (Å²) in [4.78, 5) is 24.5. The van der Waals surface area contributed by atoms with E-state index in [1.165, 1.54) is 12.8 Å². The third-order valence-electron chi connectivity index (χ3n) is 2.96. The first-order valence-electron chi connectivity index (χ1n) is 5.96. The Morgan fingerprint density at radius 3 is 2.29 bits per heavy atom. The topological polar surface area (TPSA) is 69.6 Å². The lowest BCUT2D eigenvalue weighted by molar-refractivity contribution is -0.142. The van der Waals surface area contributed by atoms with E-state index < -0.39 is 17.4 Å². The molecule has 1 fully saturated rings. The standard InChI is InChI=1S/C12H22N2O3/c1-12(2,3)9(10(15)16)13-11(17)14(4)7-8-5-6-8/h8-9H,5-7H2,1-4H3,(H,13,17)(H,15,16)/t9-/m0/s1. The van der Waals surface area contributed by atoms with E-state index in [1.54, 1.807) is 32.7 Å². The molecule has 98 valence electrons. The van der Waals surface area contributed by atoms with Gasteiger partial charge in [0.2, 0.25) is 0 Å². The number of carboxylic acids is 1. The van der Waals surface area contributed by atoms with Gasteiger partial charge in [0.05, 0.1) is 0 Å². The van der Waals surface area contributed by atoms with Crippen molar-refractivity contribution in [3.05, 3.63) is 0 Å². The van der Waals surface area contributed by atoms with E-state index in [0.29, 0.717) is 12.5 Å².